The summed E-state index contributed by atoms with van der Waals surface area (Å²) in [5.74, 6) is 0.501. The third-order valence-electron chi connectivity index (χ3n) is 4.27. The minimum atomic E-state index is -0.334. The van der Waals surface area contributed by atoms with E-state index in [2.05, 4.69) is 4.98 Å². The molecule has 1 fully saturated rings. The minimum Gasteiger partial charge on any atom is -0.332 e. The maximum atomic E-state index is 14.0. The van der Waals surface area contributed by atoms with Gasteiger partial charge >= 0.3 is 0 Å². The van der Waals surface area contributed by atoms with Gasteiger partial charge in [-0.3, -0.25) is 4.79 Å². The zero-order valence-electron chi connectivity index (χ0n) is 13.9. The van der Waals surface area contributed by atoms with E-state index in [1.807, 2.05) is 23.3 Å². The van der Waals surface area contributed by atoms with Crippen molar-refractivity contribution < 1.29 is 9.18 Å². The van der Waals surface area contributed by atoms with Gasteiger partial charge in [-0.15, -0.1) is 0 Å². The molecule has 0 aliphatic heterocycles. The average Bonchev–Trinajstić information content (AvgIpc) is 3.28. The van der Waals surface area contributed by atoms with E-state index in [1.165, 1.54) is 6.07 Å². The minimum absolute atomic E-state index is 0.0463. The molecular weight excluding hydrogens is 329 g/mol. The summed E-state index contributed by atoms with van der Waals surface area (Å²) in [5, 5.41) is 0.395. The monoisotopic (exact) mass is 349 g/mol. The first-order valence-corrected chi connectivity index (χ1v) is 8.58. The third-order valence-corrected chi connectivity index (χ3v) is 4.62. The van der Waals surface area contributed by atoms with Crippen molar-refractivity contribution in [1.29, 1.82) is 0 Å². The van der Waals surface area contributed by atoms with Gasteiger partial charge in [0.1, 0.15) is 11.6 Å². The van der Waals surface area contributed by atoms with Gasteiger partial charge in [0.2, 0.25) is 5.91 Å². The van der Waals surface area contributed by atoms with Crippen LogP contribution in [-0.4, -0.2) is 26.4 Å². The molecule has 1 aliphatic rings. The normalized spacial score (nSPS) is 14.2. The predicted molar refractivity (Wildman–Crippen MR) is 91.1 cm³/mol. The molecule has 0 spiro atoms. The molecule has 0 atom stereocenters. The van der Waals surface area contributed by atoms with Crippen LogP contribution in [0.15, 0.2) is 30.6 Å². The smallest absolute Gasteiger partial charge is 0.225 e. The highest BCUT2D eigenvalue weighted by atomic mass is 35.5. The van der Waals surface area contributed by atoms with Gasteiger partial charge < -0.3 is 9.47 Å². The molecule has 24 heavy (non-hydrogen) atoms. The molecule has 1 aromatic carbocycles. The fourth-order valence-electron chi connectivity index (χ4n) is 2.75. The third kappa shape index (κ3) is 3.61. The number of carbonyl (C=O) groups excluding carboxylic acids is 1. The van der Waals surface area contributed by atoms with Crippen LogP contribution < -0.4 is 0 Å². The Labute approximate surface area is 146 Å². The Balaban J connectivity index is 1.81. The zero-order valence-corrected chi connectivity index (χ0v) is 14.6. The summed E-state index contributed by atoms with van der Waals surface area (Å²) in [5.41, 5.74) is 0.437. The Morgan fingerprint density at radius 1 is 1.46 bits per heavy atom. The quantitative estimate of drug-likeness (QED) is 0.794. The second-order valence-electron chi connectivity index (χ2n) is 6.52. The topological polar surface area (TPSA) is 38.1 Å². The summed E-state index contributed by atoms with van der Waals surface area (Å²) in [6, 6.07) is 4.97. The first-order chi connectivity index (χ1) is 11.5. The first kappa shape index (κ1) is 17.0. The fourth-order valence-corrected chi connectivity index (χ4v) is 2.97. The van der Waals surface area contributed by atoms with Gasteiger partial charge in [0, 0.05) is 34.9 Å². The van der Waals surface area contributed by atoms with E-state index in [0.717, 1.165) is 18.7 Å². The SMILES string of the molecule is CC(C)C(=O)N(Cc1nccn1Cc1c(F)cccc1Cl)C1CC1. The van der Waals surface area contributed by atoms with Gasteiger partial charge in [0.15, 0.2) is 0 Å². The number of nitrogens with zero attached hydrogens (tertiary/aromatic N) is 3. The van der Waals surface area contributed by atoms with Crippen molar-refractivity contribution in [3.8, 4) is 0 Å². The summed E-state index contributed by atoms with van der Waals surface area (Å²) >= 11 is 6.12. The molecule has 1 amide bonds. The van der Waals surface area contributed by atoms with Gasteiger partial charge in [0.05, 0.1) is 13.1 Å². The number of aromatic nitrogens is 2. The Kier molecular flexibility index (Phi) is 4.90. The number of halogens is 2. The lowest BCUT2D eigenvalue weighted by molar-refractivity contribution is -0.135. The number of amides is 1. The molecule has 128 valence electrons. The zero-order chi connectivity index (χ0) is 17.3. The molecular formula is C18H21ClFN3O. The Hall–Kier alpha value is -1.88. The predicted octanol–water partition coefficient (Wildman–Crippen LogP) is 3.87. The van der Waals surface area contributed by atoms with Gasteiger partial charge in [0.25, 0.3) is 0 Å². The molecule has 0 bridgehead atoms. The molecule has 1 aliphatic carbocycles. The van der Waals surface area contributed by atoms with Crippen LogP contribution in [0, 0.1) is 11.7 Å². The summed E-state index contributed by atoms with van der Waals surface area (Å²) in [7, 11) is 0. The number of imidazole rings is 1. The van der Waals surface area contributed by atoms with Gasteiger partial charge in [-0.25, -0.2) is 9.37 Å². The van der Waals surface area contributed by atoms with Crippen molar-refractivity contribution in [2.75, 3.05) is 0 Å². The Bertz CT molecular complexity index is 719. The van der Waals surface area contributed by atoms with E-state index in [4.69, 9.17) is 11.6 Å². The van der Waals surface area contributed by atoms with E-state index >= 15 is 0 Å². The van der Waals surface area contributed by atoms with Crippen molar-refractivity contribution >= 4 is 17.5 Å². The molecule has 1 saturated carbocycles. The van der Waals surface area contributed by atoms with E-state index < -0.39 is 0 Å². The fraction of sp³-hybridized carbons (Fsp3) is 0.444. The van der Waals surface area contributed by atoms with Crippen LogP contribution in [0.4, 0.5) is 4.39 Å². The second kappa shape index (κ2) is 6.93. The molecule has 1 aromatic heterocycles. The Morgan fingerprint density at radius 3 is 2.83 bits per heavy atom. The molecule has 0 radical (unpaired) electrons. The van der Waals surface area contributed by atoms with Crippen LogP contribution in [0.1, 0.15) is 38.1 Å². The van der Waals surface area contributed by atoms with Crippen LogP contribution in [0.5, 0.6) is 0 Å². The van der Waals surface area contributed by atoms with Gasteiger partial charge in [-0.05, 0) is 25.0 Å². The number of rotatable bonds is 6. The largest absolute Gasteiger partial charge is 0.332 e. The molecule has 4 nitrogen and oxygen atoms in total. The number of hydrogen-bond donors (Lipinski definition) is 0. The highest BCUT2D eigenvalue weighted by Gasteiger charge is 2.34. The highest BCUT2D eigenvalue weighted by molar-refractivity contribution is 6.31. The van der Waals surface area contributed by atoms with E-state index in [1.54, 1.807) is 24.5 Å². The maximum absolute atomic E-state index is 14.0. The van der Waals surface area contributed by atoms with Crippen LogP contribution in [0.3, 0.4) is 0 Å². The van der Waals surface area contributed by atoms with E-state index in [-0.39, 0.29) is 17.6 Å². The summed E-state index contributed by atoms with van der Waals surface area (Å²) in [4.78, 5) is 18.7. The van der Waals surface area contributed by atoms with Crippen LogP contribution >= 0.6 is 11.6 Å². The van der Waals surface area contributed by atoms with Crippen LogP contribution in [0.25, 0.3) is 0 Å². The lowest BCUT2D eigenvalue weighted by atomic mass is 10.2. The standard InChI is InChI=1S/C18H21ClFN3O/c1-12(2)18(24)23(13-6-7-13)11-17-21-8-9-22(17)10-14-15(19)4-3-5-16(14)20/h3-5,8-9,12-13H,6-7,10-11H2,1-2H3. The van der Waals surface area contributed by atoms with Crippen LogP contribution in [0.2, 0.25) is 5.02 Å². The maximum Gasteiger partial charge on any atom is 0.225 e. The van der Waals surface area contributed by atoms with E-state index in [0.29, 0.717) is 29.7 Å². The van der Waals surface area contributed by atoms with E-state index in [9.17, 15) is 9.18 Å². The van der Waals surface area contributed by atoms with Crippen molar-refractivity contribution in [1.82, 2.24) is 14.5 Å². The summed E-state index contributed by atoms with van der Waals surface area (Å²) < 4.78 is 15.9. The van der Waals surface area contributed by atoms with Crippen molar-refractivity contribution in [3.63, 3.8) is 0 Å². The second-order valence-corrected chi connectivity index (χ2v) is 6.93. The molecule has 1 heterocycles. The number of benzene rings is 1. The van der Waals surface area contributed by atoms with Crippen molar-refractivity contribution in [2.45, 2.75) is 45.8 Å². The number of hydrogen-bond acceptors (Lipinski definition) is 2. The van der Waals surface area contributed by atoms with Gasteiger partial charge in [-0.2, -0.15) is 0 Å². The molecule has 0 N–H and O–H groups in total. The molecule has 2 aromatic rings. The molecule has 6 heteroatoms. The summed E-state index contributed by atoms with van der Waals surface area (Å²) in [6.07, 6.45) is 5.55. The average molecular weight is 350 g/mol. The van der Waals surface area contributed by atoms with Gasteiger partial charge in [-0.1, -0.05) is 31.5 Å². The summed E-state index contributed by atoms with van der Waals surface area (Å²) in [6.45, 7) is 4.56. The van der Waals surface area contributed by atoms with Crippen LogP contribution in [-0.2, 0) is 17.9 Å². The highest BCUT2D eigenvalue weighted by Crippen LogP contribution is 2.30. The lowest BCUT2D eigenvalue weighted by Gasteiger charge is -2.24. The Morgan fingerprint density at radius 2 is 2.21 bits per heavy atom. The number of carbonyl (C=O) groups is 1. The van der Waals surface area contributed by atoms with Crippen molar-refractivity contribution in [3.05, 3.63) is 52.8 Å². The van der Waals surface area contributed by atoms with Crippen molar-refractivity contribution in [2.24, 2.45) is 5.92 Å². The lowest BCUT2D eigenvalue weighted by Crippen LogP contribution is -2.36. The molecule has 0 saturated heterocycles. The molecule has 3 rings (SSSR count). The molecule has 0 unspecified atom stereocenters. The first-order valence-electron chi connectivity index (χ1n) is 8.20.